The molecule has 2 aliphatic rings. The zero-order chi connectivity index (χ0) is 19.8. The van der Waals surface area contributed by atoms with E-state index in [1.165, 1.54) is 37.7 Å². The number of amides is 1. The summed E-state index contributed by atoms with van der Waals surface area (Å²) < 4.78 is 5.31. The fraction of sp³-hybridized carbons (Fsp3) is 0.696. The maximum absolute atomic E-state index is 12.6. The van der Waals surface area contributed by atoms with Gasteiger partial charge in [0.1, 0.15) is 5.75 Å². The highest BCUT2D eigenvalue weighted by Crippen LogP contribution is 2.26. The summed E-state index contributed by atoms with van der Waals surface area (Å²) in [5.41, 5.74) is 1.26. The molecular formula is C23H37N3O2. The van der Waals surface area contributed by atoms with Crippen LogP contribution in [0.1, 0.15) is 57.1 Å². The fourth-order valence-electron chi connectivity index (χ4n) is 4.62. The number of carbonyl (C=O) groups is 1. The van der Waals surface area contributed by atoms with Crippen LogP contribution in [0.4, 0.5) is 0 Å². The Morgan fingerprint density at radius 1 is 1.21 bits per heavy atom. The van der Waals surface area contributed by atoms with E-state index < -0.39 is 0 Å². The van der Waals surface area contributed by atoms with Crippen molar-refractivity contribution in [3.8, 4) is 5.75 Å². The molecule has 0 aliphatic carbocycles. The van der Waals surface area contributed by atoms with E-state index in [4.69, 9.17) is 4.74 Å². The molecule has 2 aliphatic heterocycles. The van der Waals surface area contributed by atoms with Gasteiger partial charge in [0.05, 0.1) is 13.2 Å². The van der Waals surface area contributed by atoms with E-state index in [0.29, 0.717) is 24.8 Å². The Hall–Kier alpha value is -1.59. The standard InChI is InChI=1S/C23H37N3O2/c1-18(20-7-6-12-24-16-20)15-23(27)25-17-22(26-13-4-3-5-14-26)19-8-10-21(28-2)11-9-19/h8-11,18,20,22,24H,3-7,12-17H2,1-2H3,(H,25,27). The highest BCUT2D eigenvalue weighted by molar-refractivity contribution is 5.76. The molecule has 1 aromatic rings. The quantitative estimate of drug-likeness (QED) is 0.718. The lowest BCUT2D eigenvalue weighted by Gasteiger charge is -2.35. The van der Waals surface area contributed by atoms with Crippen LogP contribution in [0.5, 0.6) is 5.75 Å². The van der Waals surface area contributed by atoms with Gasteiger partial charge in [-0.2, -0.15) is 0 Å². The maximum Gasteiger partial charge on any atom is 0.220 e. The molecule has 5 heteroatoms. The zero-order valence-corrected chi connectivity index (χ0v) is 17.6. The Morgan fingerprint density at radius 2 is 1.96 bits per heavy atom. The third-order valence-corrected chi connectivity index (χ3v) is 6.47. The van der Waals surface area contributed by atoms with E-state index in [2.05, 4.69) is 34.6 Å². The largest absolute Gasteiger partial charge is 0.497 e. The van der Waals surface area contributed by atoms with E-state index in [-0.39, 0.29) is 11.9 Å². The van der Waals surface area contributed by atoms with Crippen LogP contribution in [0.15, 0.2) is 24.3 Å². The van der Waals surface area contributed by atoms with E-state index in [0.717, 1.165) is 31.9 Å². The predicted octanol–water partition coefficient (Wildman–Crippen LogP) is 3.36. The minimum atomic E-state index is 0.189. The molecule has 2 fully saturated rings. The molecule has 156 valence electrons. The second-order valence-electron chi connectivity index (χ2n) is 8.48. The number of rotatable bonds is 8. The first-order chi connectivity index (χ1) is 13.7. The number of hydrogen-bond acceptors (Lipinski definition) is 4. The Labute approximate surface area is 170 Å². The van der Waals surface area contributed by atoms with Gasteiger partial charge < -0.3 is 15.4 Å². The second-order valence-corrected chi connectivity index (χ2v) is 8.48. The fourth-order valence-corrected chi connectivity index (χ4v) is 4.62. The number of benzene rings is 1. The van der Waals surface area contributed by atoms with Crippen LogP contribution in [-0.4, -0.2) is 50.6 Å². The summed E-state index contributed by atoms with van der Waals surface area (Å²) >= 11 is 0. The van der Waals surface area contributed by atoms with Crippen molar-refractivity contribution in [1.29, 1.82) is 0 Å². The number of piperidine rings is 2. The molecule has 1 aromatic carbocycles. The van der Waals surface area contributed by atoms with Crippen molar-refractivity contribution < 1.29 is 9.53 Å². The van der Waals surface area contributed by atoms with Crippen LogP contribution in [0.3, 0.4) is 0 Å². The average Bonchev–Trinajstić information content (AvgIpc) is 2.75. The highest BCUT2D eigenvalue weighted by atomic mass is 16.5. The van der Waals surface area contributed by atoms with Gasteiger partial charge in [-0.15, -0.1) is 0 Å². The number of carbonyl (C=O) groups excluding carboxylic acids is 1. The lowest BCUT2D eigenvalue weighted by atomic mass is 9.85. The van der Waals surface area contributed by atoms with Crippen molar-refractivity contribution in [2.24, 2.45) is 11.8 Å². The van der Waals surface area contributed by atoms with Crippen molar-refractivity contribution in [3.05, 3.63) is 29.8 Å². The Balaban J connectivity index is 1.57. The average molecular weight is 388 g/mol. The number of ether oxygens (including phenoxy) is 1. The van der Waals surface area contributed by atoms with Gasteiger partial charge in [-0.1, -0.05) is 25.5 Å². The van der Waals surface area contributed by atoms with Gasteiger partial charge in [0.2, 0.25) is 5.91 Å². The SMILES string of the molecule is COc1ccc(C(CNC(=O)CC(C)C2CCCNC2)N2CCCCC2)cc1. The topological polar surface area (TPSA) is 53.6 Å². The van der Waals surface area contributed by atoms with Crippen LogP contribution >= 0.6 is 0 Å². The van der Waals surface area contributed by atoms with Crippen molar-refractivity contribution in [1.82, 2.24) is 15.5 Å². The monoisotopic (exact) mass is 387 g/mol. The third-order valence-electron chi connectivity index (χ3n) is 6.47. The lowest BCUT2D eigenvalue weighted by Crippen LogP contribution is -2.41. The van der Waals surface area contributed by atoms with Gasteiger partial charge in [0, 0.05) is 13.0 Å². The van der Waals surface area contributed by atoms with E-state index in [9.17, 15) is 4.79 Å². The number of methoxy groups -OCH3 is 1. The molecule has 2 saturated heterocycles. The van der Waals surface area contributed by atoms with Crippen LogP contribution in [-0.2, 0) is 4.79 Å². The van der Waals surface area contributed by atoms with E-state index >= 15 is 0 Å². The van der Waals surface area contributed by atoms with Crippen molar-refractivity contribution in [2.75, 3.05) is 39.8 Å². The Kier molecular flexibility index (Phi) is 8.16. The van der Waals surface area contributed by atoms with Crippen molar-refractivity contribution >= 4 is 5.91 Å². The number of nitrogens with zero attached hydrogens (tertiary/aromatic N) is 1. The summed E-state index contributed by atoms with van der Waals surface area (Å²) in [5, 5.41) is 6.71. The number of hydrogen-bond donors (Lipinski definition) is 2. The Morgan fingerprint density at radius 3 is 2.61 bits per heavy atom. The molecule has 3 atom stereocenters. The van der Waals surface area contributed by atoms with Gasteiger partial charge in [0.25, 0.3) is 0 Å². The summed E-state index contributed by atoms with van der Waals surface area (Å²) in [6.07, 6.45) is 6.89. The molecule has 2 heterocycles. The molecule has 0 aromatic heterocycles. The van der Waals surface area contributed by atoms with Crippen LogP contribution < -0.4 is 15.4 Å². The minimum Gasteiger partial charge on any atom is -0.497 e. The first-order valence-corrected chi connectivity index (χ1v) is 11.0. The summed E-state index contributed by atoms with van der Waals surface area (Å²) in [5.74, 6) is 2.12. The molecule has 0 spiro atoms. The molecule has 28 heavy (non-hydrogen) atoms. The first-order valence-electron chi connectivity index (χ1n) is 11.0. The van der Waals surface area contributed by atoms with Gasteiger partial charge in [-0.05, 0) is 81.4 Å². The van der Waals surface area contributed by atoms with E-state index in [1.54, 1.807) is 7.11 Å². The van der Waals surface area contributed by atoms with E-state index in [1.807, 2.05) is 12.1 Å². The molecule has 5 nitrogen and oxygen atoms in total. The smallest absolute Gasteiger partial charge is 0.220 e. The highest BCUT2D eigenvalue weighted by Gasteiger charge is 2.25. The zero-order valence-electron chi connectivity index (χ0n) is 17.6. The summed E-state index contributed by atoms with van der Waals surface area (Å²) in [6, 6.07) is 8.56. The lowest BCUT2D eigenvalue weighted by molar-refractivity contribution is -0.122. The normalized spacial score (nSPS) is 23.0. The molecule has 3 unspecified atom stereocenters. The van der Waals surface area contributed by atoms with Crippen molar-refractivity contribution in [3.63, 3.8) is 0 Å². The third kappa shape index (κ3) is 5.95. The van der Waals surface area contributed by atoms with Crippen LogP contribution in [0.2, 0.25) is 0 Å². The molecule has 2 N–H and O–H groups in total. The number of nitrogens with one attached hydrogen (secondary N) is 2. The predicted molar refractivity (Wildman–Crippen MR) is 114 cm³/mol. The molecule has 3 rings (SSSR count). The van der Waals surface area contributed by atoms with Crippen molar-refractivity contribution in [2.45, 2.75) is 51.5 Å². The maximum atomic E-state index is 12.6. The summed E-state index contributed by atoms with van der Waals surface area (Å²) in [6.45, 7) is 7.29. The second kappa shape index (κ2) is 10.8. The summed E-state index contributed by atoms with van der Waals surface area (Å²) in [4.78, 5) is 15.2. The molecular weight excluding hydrogens is 350 g/mol. The molecule has 0 radical (unpaired) electrons. The van der Waals surface area contributed by atoms with Crippen LogP contribution in [0.25, 0.3) is 0 Å². The number of likely N-dealkylation sites (tertiary alicyclic amines) is 1. The Bertz CT molecular complexity index is 592. The minimum absolute atomic E-state index is 0.189. The summed E-state index contributed by atoms with van der Waals surface area (Å²) in [7, 11) is 1.69. The molecule has 0 bridgehead atoms. The van der Waals surface area contributed by atoms with Gasteiger partial charge in [-0.3, -0.25) is 9.69 Å². The first kappa shape index (κ1) is 21.1. The molecule has 1 amide bonds. The van der Waals surface area contributed by atoms with Gasteiger partial charge in [0.15, 0.2) is 0 Å². The van der Waals surface area contributed by atoms with Crippen LogP contribution in [0, 0.1) is 11.8 Å². The molecule has 0 saturated carbocycles. The van der Waals surface area contributed by atoms with Gasteiger partial charge >= 0.3 is 0 Å². The van der Waals surface area contributed by atoms with Gasteiger partial charge in [-0.25, -0.2) is 0 Å².